The Bertz CT molecular complexity index is 450. The zero-order valence-corrected chi connectivity index (χ0v) is 11.2. The number of nitrogens with zero attached hydrogens (tertiary/aromatic N) is 1. The van der Waals surface area contributed by atoms with Crippen LogP contribution in [0.1, 0.15) is 35.7 Å². The molecular formula is C13H19NO4. The van der Waals surface area contributed by atoms with Crippen molar-refractivity contribution in [3.05, 3.63) is 23.2 Å². The summed E-state index contributed by atoms with van der Waals surface area (Å²) in [5.41, 5.74) is 0.945. The Morgan fingerprint density at radius 3 is 2.56 bits per heavy atom. The zero-order chi connectivity index (χ0) is 13.9. The molecule has 0 fully saturated rings. The second-order valence-electron chi connectivity index (χ2n) is 4.50. The molecule has 0 radical (unpaired) electrons. The van der Waals surface area contributed by atoms with Crippen molar-refractivity contribution in [2.75, 3.05) is 13.6 Å². The largest absolute Gasteiger partial charge is 0.481 e. The number of hydrogen-bond donors (Lipinski definition) is 1. The van der Waals surface area contributed by atoms with Crippen LogP contribution in [0.5, 0.6) is 0 Å². The van der Waals surface area contributed by atoms with Crippen LogP contribution in [0.2, 0.25) is 0 Å². The molecule has 0 aliphatic heterocycles. The summed E-state index contributed by atoms with van der Waals surface area (Å²) in [7, 11) is 1.57. The topological polar surface area (TPSA) is 70.8 Å². The highest BCUT2D eigenvalue weighted by Gasteiger charge is 2.21. The van der Waals surface area contributed by atoms with E-state index in [4.69, 9.17) is 9.52 Å². The molecule has 1 aromatic rings. The number of amides is 1. The molecular weight excluding hydrogens is 234 g/mol. The fourth-order valence-corrected chi connectivity index (χ4v) is 1.74. The molecule has 0 bridgehead atoms. The monoisotopic (exact) mass is 253 g/mol. The van der Waals surface area contributed by atoms with Gasteiger partial charge in [-0.3, -0.25) is 9.59 Å². The first-order valence-corrected chi connectivity index (χ1v) is 5.94. The maximum absolute atomic E-state index is 12.0. The second kappa shape index (κ2) is 5.71. The Morgan fingerprint density at radius 1 is 1.50 bits per heavy atom. The first-order chi connectivity index (χ1) is 8.36. The fraction of sp³-hybridized carbons (Fsp3) is 0.538. The van der Waals surface area contributed by atoms with Crippen molar-refractivity contribution in [2.24, 2.45) is 5.92 Å². The minimum Gasteiger partial charge on any atom is -0.481 e. The molecule has 1 heterocycles. The van der Waals surface area contributed by atoms with E-state index < -0.39 is 11.9 Å². The molecule has 5 heteroatoms. The van der Waals surface area contributed by atoms with E-state index in [-0.39, 0.29) is 18.2 Å². The lowest BCUT2D eigenvalue weighted by Crippen LogP contribution is -2.33. The Labute approximate surface area is 106 Å². The van der Waals surface area contributed by atoms with Gasteiger partial charge in [0.15, 0.2) is 5.76 Å². The Morgan fingerprint density at radius 2 is 2.11 bits per heavy atom. The van der Waals surface area contributed by atoms with Crippen molar-refractivity contribution in [3.63, 3.8) is 0 Å². The lowest BCUT2D eigenvalue weighted by molar-refractivity contribution is -0.141. The number of carbonyl (C=O) groups is 2. The Kier molecular flexibility index (Phi) is 4.53. The van der Waals surface area contributed by atoms with Crippen LogP contribution < -0.4 is 0 Å². The summed E-state index contributed by atoms with van der Waals surface area (Å²) in [5, 5.41) is 8.81. The van der Waals surface area contributed by atoms with Crippen LogP contribution in [0, 0.1) is 12.8 Å². The number of hydrogen-bond acceptors (Lipinski definition) is 3. The number of aryl methyl sites for hydroxylation is 2. The summed E-state index contributed by atoms with van der Waals surface area (Å²) in [6.07, 6.45) is 0.731. The van der Waals surface area contributed by atoms with E-state index >= 15 is 0 Å². The first-order valence-electron chi connectivity index (χ1n) is 5.94. The number of carboxylic acids is 1. The van der Waals surface area contributed by atoms with E-state index in [1.54, 1.807) is 20.0 Å². The molecule has 1 amide bonds. The van der Waals surface area contributed by atoms with Crippen molar-refractivity contribution < 1.29 is 19.1 Å². The molecule has 1 unspecified atom stereocenters. The van der Waals surface area contributed by atoms with Crippen LogP contribution in [-0.4, -0.2) is 35.5 Å². The lowest BCUT2D eigenvalue weighted by atomic mass is 10.1. The average Bonchev–Trinajstić information content (AvgIpc) is 2.69. The quantitative estimate of drug-likeness (QED) is 0.870. The van der Waals surface area contributed by atoms with Crippen molar-refractivity contribution in [2.45, 2.75) is 27.2 Å². The van der Waals surface area contributed by atoms with Crippen molar-refractivity contribution in [1.29, 1.82) is 0 Å². The second-order valence-corrected chi connectivity index (χ2v) is 4.50. The van der Waals surface area contributed by atoms with Gasteiger partial charge < -0.3 is 14.4 Å². The van der Waals surface area contributed by atoms with Gasteiger partial charge in [-0.1, -0.05) is 13.8 Å². The third kappa shape index (κ3) is 3.12. The Hall–Kier alpha value is -1.78. The third-order valence-corrected chi connectivity index (χ3v) is 2.87. The van der Waals surface area contributed by atoms with Gasteiger partial charge in [-0.05, 0) is 18.6 Å². The number of aliphatic carboxylic acids is 1. The molecule has 0 aliphatic rings. The molecule has 18 heavy (non-hydrogen) atoms. The molecule has 0 aromatic carbocycles. The van der Waals surface area contributed by atoms with Gasteiger partial charge in [-0.15, -0.1) is 0 Å². The van der Waals surface area contributed by atoms with Crippen LogP contribution in [-0.2, 0) is 11.2 Å². The lowest BCUT2D eigenvalue weighted by Gasteiger charge is -2.18. The van der Waals surface area contributed by atoms with E-state index in [0.717, 1.165) is 17.7 Å². The zero-order valence-electron chi connectivity index (χ0n) is 11.2. The van der Waals surface area contributed by atoms with Crippen LogP contribution >= 0.6 is 0 Å². The molecule has 0 aliphatic carbocycles. The normalized spacial score (nSPS) is 12.2. The van der Waals surface area contributed by atoms with Gasteiger partial charge in [0.2, 0.25) is 0 Å². The summed E-state index contributed by atoms with van der Waals surface area (Å²) in [4.78, 5) is 24.1. The van der Waals surface area contributed by atoms with E-state index in [1.165, 1.54) is 4.90 Å². The van der Waals surface area contributed by atoms with Crippen LogP contribution in [0.15, 0.2) is 10.5 Å². The predicted octanol–water partition coefficient (Wildman–Crippen LogP) is 1.94. The smallest absolute Gasteiger partial charge is 0.308 e. The SMILES string of the molecule is CCc1oc(C(=O)N(C)CC(C)C(=O)O)cc1C. The average molecular weight is 253 g/mol. The van der Waals surface area contributed by atoms with Gasteiger partial charge in [0, 0.05) is 20.0 Å². The molecule has 100 valence electrons. The maximum atomic E-state index is 12.0. The molecule has 0 spiro atoms. The van der Waals surface area contributed by atoms with Crippen LogP contribution in [0.4, 0.5) is 0 Å². The van der Waals surface area contributed by atoms with Crippen molar-refractivity contribution >= 4 is 11.9 Å². The highest BCUT2D eigenvalue weighted by molar-refractivity contribution is 5.91. The molecule has 1 rings (SSSR count). The van der Waals surface area contributed by atoms with Crippen LogP contribution in [0.25, 0.3) is 0 Å². The first kappa shape index (κ1) is 14.3. The number of carboxylic acid groups (broad SMARTS) is 1. The molecule has 1 aromatic heterocycles. The Balaban J connectivity index is 2.77. The summed E-state index contributed by atoms with van der Waals surface area (Å²) in [6.45, 7) is 5.57. The molecule has 1 N–H and O–H groups in total. The van der Waals surface area contributed by atoms with Gasteiger partial charge in [-0.25, -0.2) is 0 Å². The summed E-state index contributed by atoms with van der Waals surface area (Å²) in [6, 6.07) is 1.70. The molecule has 0 saturated carbocycles. The summed E-state index contributed by atoms with van der Waals surface area (Å²) < 4.78 is 5.45. The van der Waals surface area contributed by atoms with E-state index in [2.05, 4.69) is 0 Å². The number of carbonyl (C=O) groups excluding carboxylic acids is 1. The number of rotatable bonds is 5. The standard InChI is InChI=1S/C13H19NO4/c1-5-10-8(2)6-11(18-10)12(15)14(4)7-9(3)13(16)17/h6,9H,5,7H2,1-4H3,(H,16,17). The maximum Gasteiger partial charge on any atom is 0.308 e. The summed E-state index contributed by atoms with van der Waals surface area (Å²) >= 11 is 0. The molecule has 1 atom stereocenters. The van der Waals surface area contributed by atoms with Gasteiger partial charge in [-0.2, -0.15) is 0 Å². The van der Waals surface area contributed by atoms with Gasteiger partial charge in [0.25, 0.3) is 5.91 Å². The van der Waals surface area contributed by atoms with Crippen molar-refractivity contribution in [1.82, 2.24) is 4.90 Å². The van der Waals surface area contributed by atoms with Crippen LogP contribution in [0.3, 0.4) is 0 Å². The van der Waals surface area contributed by atoms with Gasteiger partial charge in [0.1, 0.15) is 5.76 Å². The van der Waals surface area contributed by atoms with E-state index in [0.29, 0.717) is 0 Å². The highest BCUT2D eigenvalue weighted by atomic mass is 16.4. The van der Waals surface area contributed by atoms with Crippen molar-refractivity contribution in [3.8, 4) is 0 Å². The van der Waals surface area contributed by atoms with Gasteiger partial charge >= 0.3 is 5.97 Å². The van der Waals surface area contributed by atoms with Gasteiger partial charge in [0.05, 0.1) is 5.92 Å². The predicted molar refractivity (Wildman–Crippen MR) is 66.6 cm³/mol. The van der Waals surface area contributed by atoms with E-state index in [9.17, 15) is 9.59 Å². The summed E-state index contributed by atoms with van der Waals surface area (Å²) in [5.74, 6) is -0.742. The molecule has 0 saturated heterocycles. The fourth-order valence-electron chi connectivity index (χ4n) is 1.74. The number of furan rings is 1. The molecule has 5 nitrogen and oxygen atoms in total. The highest BCUT2D eigenvalue weighted by Crippen LogP contribution is 2.16. The minimum atomic E-state index is -0.917. The third-order valence-electron chi connectivity index (χ3n) is 2.87. The van der Waals surface area contributed by atoms with E-state index in [1.807, 2.05) is 13.8 Å². The minimum absolute atomic E-state index is 0.162.